The van der Waals surface area contributed by atoms with Crippen LogP contribution in [-0.4, -0.2) is 124 Å². The minimum absolute atomic E-state index is 0.00541. The van der Waals surface area contributed by atoms with Crippen LogP contribution in [0.15, 0.2) is 89.6 Å². The summed E-state index contributed by atoms with van der Waals surface area (Å²) in [6.45, 7) is 12.1. The molecule has 2 amide bonds. The van der Waals surface area contributed by atoms with Gasteiger partial charge in [-0.05, 0) is 105 Å². The summed E-state index contributed by atoms with van der Waals surface area (Å²) in [4.78, 5) is 50.8. The molecular weight excluding hydrogens is 1030 g/mol. The Kier molecular flexibility index (Phi) is 14.1. The summed E-state index contributed by atoms with van der Waals surface area (Å²) in [5.74, 6) is 1.62. The first-order valence-corrected chi connectivity index (χ1v) is 27.9. The van der Waals surface area contributed by atoms with E-state index in [2.05, 4.69) is 46.4 Å². The predicted octanol–water partition coefficient (Wildman–Crippen LogP) is 9.65. The zero-order valence-electron chi connectivity index (χ0n) is 44.5. The molecule has 3 aromatic heterocycles. The number of phenols is 1. The average Bonchev–Trinajstić information content (AvgIpc) is 4.37. The van der Waals surface area contributed by atoms with Gasteiger partial charge >= 0.3 is 6.01 Å². The molecule has 7 aromatic rings. The fraction of sp³-hybridized carbons (Fsp3) is 0.410. The van der Waals surface area contributed by atoms with Crippen LogP contribution in [0, 0.1) is 35.3 Å². The number of aromatic nitrogens is 4. The van der Waals surface area contributed by atoms with E-state index in [-0.39, 0.29) is 87.4 Å². The molecule has 8 heterocycles. The van der Waals surface area contributed by atoms with E-state index < -0.39 is 23.6 Å². The Morgan fingerprint density at radius 2 is 1.71 bits per heavy atom. The van der Waals surface area contributed by atoms with Gasteiger partial charge in [0.1, 0.15) is 47.2 Å². The van der Waals surface area contributed by atoms with Gasteiger partial charge in [0.05, 0.1) is 17.0 Å². The number of benzene rings is 4. The first-order chi connectivity index (χ1) is 38.2. The van der Waals surface area contributed by atoms with Crippen molar-refractivity contribution in [3.05, 3.63) is 119 Å². The largest absolute Gasteiger partial charge is 0.508 e. The van der Waals surface area contributed by atoms with Crippen LogP contribution < -0.4 is 25.2 Å². The molecule has 5 unspecified atom stereocenters. The van der Waals surface area contributed by atoms with Crippen LogP contribution in [0.1, 0.15) is 88.1 Å². The van der Waals surface area contributed by atoms with Crippen molar-refractivity contribution in [1.82, 2.24) is 40.5 Å². The normalized spacial score (nSPS) is 20.7. The maximum Gasteiger partial charge on any atom is 0.319 e. The lowest BCUT2D eigenvalue weighted by molar-refractivity contribution is -0.141. The van der Waals surface area contributed by atoms with Crippen LogP contribution in [0.3, 0.4) is 0 Å². The Labute approximate surface area is 462 Å². The third-order valence-electron chi connectivity index (χ3n) is 17.1. The second-order valence-corrected chi connectivity index (χ2v) is 23.0. The summed E-state index contributed by atoms with van der Waals surface area (Å²) >= 11 is 6.44. The quantitative estimate of drug-likeness (QED) is 0.0883. The topological polar surface area (TPSA) is 165 Å². The SMILES string of the molecule is C#Cc1c(F)ccc2cc(O)cc(-c3ncc4c(N5CC6CCC(C5)N6)nc(OCCN5CCC6(CC5)CN(c5cc(C(C(=O)N7CCCC7C(=O)NC(C)c7ccc(-c8ccccc8Cl)cc7)C(C)C)on5)C6)nc4c3F)c12. The molecule has 5 atom stereocenters. The van der Waals surface area contributed by atoms with Crippen molar-refractivity contribution in [2.24, 2.45) is 11.3 Å². The number of amides is 2. The number of halogens is 3. The number of rotatable bonds is 14. The average molecular weight is 1090 g/mol. The summed E-state index contributed by atoms with van der Waals surface area (Å²) < 4.78 is 44.4. The van der Waals surface area contributed by atoms with Crippen molar-refractivity contribution in [1.29, 1.82) is 0 Å². The molecule has 18 heteroatoms. The number of anilines is 2. The summed E-state index contributed by atoms with van der Waals surface area (Å²) in [5, 5.41) is 23.8. The molecule has 3 N–H and O–H groups in total. The molecule has 1 spiro atoms. The van der Waals surface area contributed by atoms with Crippen LogP contribution in [0.4, 0.5) is 20.4 Å². The van der Waals surface area contributed by atoms with Gasteiger partial charge in [0.2, 0.25) is 11.8 Å². The second-order valence-electron chi connectivity index (χ2n) is 22.6. The summed E-state index contributed by atoms with van der Waals surface area (Å²) in [6.07, 6.45) is 12.7. The van der Waals surface area contributed by atoms with E-state index in [0.717, 1.165) is 75.0 Å². The Balaban J connectivity index is 0.672. The number of hydrogen-bond donors (Lipinski definition) is 3. The number of ether oxygens (including phenoxy) is 1. The molecule has 5 aliphatic rings. The van der Waals surface area contributed by atoms with Gasteiger partial charge in [0.25, 0.3) is 0 Å². The zero-order chi connectivity index (χ0) is 54.7. The minimum Gasteiger partial charge on any atom is -0.508 e. The smallest absolute Gasteiger partial charge is 0.319 e. The van der Waals surface area contributed by atoms with E-state index in [9.17, 15) is 14.7 Å². The number of hydrogen-bond acceptors (Lipinski definition) is 13. The lowest BCUT2D eigenvalue weighted by atomic mass is 9.72. The molecule has 79 heavy (non-hydrogen) atoms. The van der Waals surface area contributed by atoms with E-state index in [0.29, 0.717) is 65.8 Å². The predicted molar refractivity (Wildman–Crippen MR) is 300 cm³/mol. The molecule has 0 radical (unpaired) electrons. The number of phenolic OH excluding ortho intramolecular Hbond substituents is 1. The number of carbonyl (C=O) groups excluding carboxylic acids is 2. The number of piperazine rings is 1. The third-order valence-corrected chi connectivity index (χ3v) is 17.4. The Morgan fingerprint density at radius 1 is 0.949 bits per heavy atom. The standard InChI is InChI=1S/C61H63ClF2N10O5/c1-5-43-48(63)19-16-39-27-42(75)28-45(53(39)43)55-54(64)56-46(30-65-55)57(72-31-40-17-18-41(32-72)67-40)69-60(68-56)78-26-25-71-23-20-61(21-24-71)33-73(34-61)51-29-50(79-70-51)52(35(2)3)59(77)74-22-8-11-49(74)58(76)66-36(4)37-12-14-38(15-13-37)44-9-6-7-10-47(44)62/h1,6-7,9-10,12-16,19,27-30,35-36,40-41,49,52,67,75H,8,11,17-18,20-26,31-34H2,2-4H3,(H,66,76). The van der Waals surface area contributed by atoms with Crippen LogP contribution in [0.25, 0.3) is 44.1 Å². The molecule has 12 rings (SSSR count). The van der Waals surface area contributed by atoms with Crippen LogP contribution in [-0.2, 0) is 9.59 Å². The number of terminal acetylenes is 1. The Bertz CT molecular complexity index is 3510. The molecule has 5 fully saturated rings. The van der Waals surface area contributed by atoms with Crippen molar-refractivity contribution in [2.75, 3.05) is 68.8 Å². The van der Waals surface area contributed by atoms with Crippen molar-refractivity contribution in [3.63, 3.8) is 0 Å². The van der Waals surface area contributed by atoms with Gasteiger partial charge in [-0.1, -0.05) is 85.1 Å². The number of likely N-dealkylation sites (tertiary alicyclic amines) is 2. The second kappa shape index (κ2) is 21.3. The van der Waals surface area contributed by atoms with Gasteiger partial charge in [0.15, 0.2) is 17.4 Å². The minimum atomic E-state index is -0.758. The number of nitrogens with one attached hydrogen (secondary N) is 2. The first-order valence-electron chi connectivity index (χ1n) is 27.5. The van der Waals surface area contributed by atoms with Gasteiger partial charge in [-0.15, -0.1) is 6.42 Å². The lowest BCUT2D eigenvalue weighted by Gasteiger charge is -2.54. The Morgan fingerprint density at radius 3 is 2.44 bits per heavy atom. The van der Waals surface area contributed by atoms with Gasteiger partial charge in [-0.25, -0.2) is 8.78 Å². The molecule has 0 aliphatic carbocycles. The van der Waals surface area contributed by atoms with Crippen LogP contribution >= 0.6 is 11.6 Å². The third kappa shape index (κ3) is 10.1. The number of carbonyl (C=O) groups is 2. The number of piperidine rings is 1. The molecule has 15 nitrogen and oxygen atoms in total. The number of fused-ring (bicyclic) bond motifs is 4. The van der Waals surface area contributed by atoms with Gasteiger partial charge in [-0.3, -0.25) is 19.5 Å². The van der Waals surface area contributed by atoms with Crippen molar-refractivity contribution >= 4 is 56.7 Å². The zero-order valence-corrected chi connectivity index (χ0v) is 45.3. The molecule has 408 valence electrons. The highest BCUT2D eigenvalue weighted by Crippen LogP contribution is 2.44. The maximum absolute atomic E-state index is 17.1. The highest BCUT2D eigenvalue weighted by atomic mass is 35.5. The van der Waals surface area contributed by atoms with Crippen LogP contribution in [0.2, 0.25) is 5.02 Å². The highest BCUT2D eigenvalue weighted by molar-refractivity contribution is 6.33. The summed E-state index contributed by atoms with van der Waals surface area (Å²) in [7, 11) is 0. The first kappa shape index (κ1) is 52.3. The Hall–Kier alpha value is -7.39. The lowest BCUT2D eigenvalue weighted by Crippen LogP contribution is -2.60. The summed E-state index contributed by atoms with van der Waals surface area (Å²) in [6, 6.07) is 22.9. The fourth-order valence-corrected chi connectivity index (χ4v) is 13.1. The van der Waals surface area contributed by atoms with Gasteiger partial charge in [0, 0.05) is 90.6 Å². The summed E-state index contributed by atoms with van der Waals surface area (Å²) in [5.41, 5.74) is 2.98. The molecule has 4 aromatic carbocycles. The molecular formula is C61H63ClF2N10O5. The maximum atomic E-state index is 17.1. The van der Waals surface area contributed by atoms with Crippen molar-refractivity contribution < 1.29 is 32.7 Å². The number of pyridine rings is 1. The fourth-order valence-electron chi connectivity index (χ4n) is 12.8. The van der Waals surface area contributed by atoms with E-state index in [1.165, 1.54) is 24.3 Å². The molecule has 5 saturated heterocycles. The van der Waals surface area contributed by atoms with Crippen molar-refractivity contribution in [2.45, 2.75) is 89.4 Å². The van der Waals surface area contributed by atoms with Crippen molar-refractivity contribution in [3.8, 4) is 46.5 Å². The number of aromatic hydroxyl groups is 1. The highest BCUT2D eigenvalue weighted by Gasteiger charge is 2.47. The van der Waals surface area contributed by atoms with E-state index in [4.69, 9.17) is 32.3 Å². The monoisotopic (exact) mass is 1090 g/mol. The van der Waals surface area contributed by atoms with E-state index >= 15 is 8.78 Å². The molecule has 2 bridgehead atoms. The molecule has 0 saturated carbocycles. The van der Waals surface area contributed by atoms with Gasteiger partial charge in [-0.2, -0.15) is 9.97 Å². The van der Waals surface area contributed by atoms with E-state index in [1.54, 1.807) is 11.1 Å². The van der Waals surface area contributed by atoms with E-state index in [1.807, 2.05) is 75.4 Å². The van der Waals surface area contributed by atoms with Crippen LogP contribution in [0.5, 0.6) is 11.8 Å². The molecule has 5 aliphatic heterocycles. The number of nitrogens with zero attached hydrogens (tertiary/aromatic N) is 8. The van der Waals surface area contributed by atoms with Gasteiger partial charge < -0.3 is 39.7 Å².